The topological polar surface area (TPSA) is 688 Å². The van der Waals surface area contributed by atoms with Crippen LogP contribution in [0.25, 0.3) is 0 Å². The van der Waals surface area contributed by atoms with Crippen molar-refractivity contribution < 1.29 is 203 Å². The Balaban J connectivity index is 1.07. The van der Waals surface area contributed by atoms with Crippen LogP contribution in [0.5, 0.6) is 0 Å². The molecule has 8 aliphatic rings. The molecular formula is C57H95N3O41. The molecule has 0 aromatic carbocycles. The van der Waals surface area contributed by atoms with Crippen molar-refractivity contribution in [2.45, 2.75) is 299 Å². The molecule has 8 aliphatic heterocycles. The predicted molar refractivity (Wildman–Crippen MR) is 312 cm³/mol. The molecule has 0 aromatic heterocycles. The Morgan fingerprint density at radius 2 is 0.851 bits per heavy atom. The number of carbonyl (C=O) groups is 4. The fourth-order valence-electron chi connectivity index (χ4n) is 13.0. The van der Waals surface area contributed by atoms with Gasteiger partial charge < -0.3 is 199 Å². The Bertz CT molecular complexity index is 2690. The molecular weight excluding hydrogens is 1380 g/mol. The molecule has 0 aromatic rings. The number of aliphatic hydroxyl groups is 21. The van der Waals surface area contributed by atoms with E-state index in [9.17, 15) is 132 Å². The quantitative estimate of drug-likeness (QED) is 0.0404. The molecule has 44 heteroatoms. The first-order chi connectivity index (χ1) is 47.4. The Hall–Kier alpha value is -3.56. The first-order valence-electron chi connectivity index (χ1n) is 32.3. The SMILES string of the molecule is CC(=O)N[C@@H]1[C@@H](O[C@@H]2O[C@H](CO)[C@@H](O[C@@H]3O[C@H](CO)[C@H](O)[C@H](O[C@@H]4O[C@H](CO)[C@H](O)[C@H](O)[C@H]4NC(C)=O)[C@H]3O[C@@H]3O[C@@H](C)[C@@H](O)[C@@H](O)[C@@H]3O)[C@H](O)[C@H]2NC(C)=O)[C@@H](O)[C@@H](CO[C@]2(C(=O)O)C[C@H](O[C@@H]3O[C@@H](C)[C@@H](O)[C@@H](O[C@@H]4O[C@@H](C)[C@@H](O)[C@@H](O)[C@@H]4O)[C@@H]3O)[C@@H](O)[C@H]([C@H](O)[C@H](O)CO)O2)O[C@H]1O. The lowest BCUT2D eigenvalue weighted by atomic mass is 9.90. The van der Waals surface area contributed by atoms with Crippen LogP contribution in [-0.2, 0) is 90.2 Å². The van der Waals surface area contributed by atoms with Gasteiger partial charge in [-0.05, 0) is 20.8 Å². The van der Waals surface area contributed by atoms with E-state index in [4.69, 9.17) is 71.1 Å². The van der Waals surface area contributed by atoms with E-state index in [0.717, 1.165) is 20.8 Å². The minimum Gasteiger partial charge on any atom is -0.477 e. The predicted octanol–water partition coefficient (Wildman–Crippen LogP) is -15.7. The number of aliphatic carboxylic acids is 1. The maximum absolute atomic E-state index is 13.6. The number of hydrogen-bond acceptors (Lipinski definition) is 40. The van der Waals surface area contributed by atoms with Crippen molar-refractivity contribution in [3.05, 3.63) is 0 Å². The van der Waals surface area contributed by atoms with Gasteiger partial charge in [-0.1, -0.05) is 0 Å². The molecule has 8 heterocycles. The van der Waals surface area contributed by atoms with E-state index >= 15 is 0 Å². The summed E-state index contributed by atoms with van der Waals surface area (Å²) in [5.74, 6) is -8.13. The van der Waals surface area contributed by atoms with E-state index in [1.807, 2.05) is 0 Å². The molecule has 0 spiro atoms. The summed E-state index contributed by atoms with van der Waals surface area (Å²) in [6.45, 7) is 0.850. The number of aliphatic hydroxyl groups excluding tert-OH is 21. The minimum atomic E-state index is -3.26. The van der Waals surface area contributed by atoms with Gasteiger partial charge in [-0.15, -0.1) is 0 Å². The smallest absolute Gasteiger partial charge is 0.364 e. The summed E-state index contributed by atoms with van der Waals surface area (Å²) >= 11 is 0. The molecule has 8 rings (SSSR count). The van der Waals surface area contributed by atoms with Gasteiger partial charge in [-0.2, -0.15) is 0 Å². The van der Waals surface area contributed by atoms with Gasteiger partial charge in [0.25, 0.3) is 5.79 Å². The Morgan fingerprint density at radius 1 is 0.416 bits per heavy atom. The average molecular weight is 1480 g/mol. The number of amides is 3. The van der Waals surface area contributed by atoms with Crippen LogP contribution in [-0.4, -0.2) is 420 Å². The highest BCUT2D eigenvalue weighted by Crippen LogP contribution is 2.41. The van der Waals surface area contributed by atoms with Gasteiger partial charge in [0, 0.05) is 27.2 Å². The van der Waals surface area contributed by atoms with Crippen LogP contribution in [0.15, 0.2) is 0 Å². The van der Waals surface area contributed by atoms with Crippen molar-refractivity contribution in [3.8, 4) is 0 Å². The Labute approximate surface area is 573 Å². The van der Waals surface area contributed by atoms with Gasteiger partial charge in [-0.3, -0.25) is 14.4 Å². The second kappa shape index (κ2) is 35.0. The van der Waals surface area contributed by atoms with Crippen LogP contribution >= 0.6 is 0 Å². The normalized spacial score (nSPS) is 49.0. The number of rotatable bonds is 25. The van der Waals surface area contributed by atoms with Gasteiger partial charge in [0.2, 0.25) is 17.7 Å². The van der Waals surface area contributed by atoms with Crippen LogP contribution in [0.2, 0.25) is 0 Å². The van der Waals surface area contributed by atoms with Gasteiger partial charge in [0.15, 0.2) is 44.0 Å². The minimum absolute atomic E-state index is 0.833. The lowest BCUT2D eigenvalue weighted by Gasteiger charge is -2.52. The molecule has 0 aliphatic carbocycles. The Kier molecular flexibility index (Phi) is 28.8. The molecule has 41 atom stereocenters. The molecule has 0 saturated carbocycles. The van der Waals surface area contributed by atoms with Gasteiger partial charge >= 0.3 is 5.97 Å². The number of hydrogen-bond donors (Lipinski definition) is 25. The highest BCUT2D eigenvalue weighted by atomic mass is 16.8. The van der Waals surface area contributed by atoms with Crippen LogP contribution in [0.1, 0.15) is 48.0 Å². The van der Waals surface area contributed by atoms with E-state index in [1.54, 1.807) is 0 Å². The zero-order valence-corrected chi connectivity index (χ0v) is 54.9. The zero-order valence-electron chi connectivity index (χ0n) is 54.9. The van der Waals surface area contributed by atoms with E-state index in [0.29, 0.717) is 0 Å². The second-order valence-electron chi connectivity index (χ2n) is 26.0. The molecule has 8 fully saturated rings. The molecule has 0 bridgehead atoms. The summed E-state index contributed by atoms with van der Waals surface area (Å²) in [6, 6.07) is -5.65. The van der Waals surface area contributed by atoms with Crippen LogP contribution in [0, 0.1) is 0 Å². The largest absolute Gasteiger partial charge is 0.477 e. The molecule has 25 N–H and O–H groups in total. The number of ether oxygens (including phenoxy) is 15. The third kappa shape index (κ3) is 18.0. The van der Waals surface area contributed by atoms with E-state index < -0.39 is 314 Å². The monoisotopic (exact) mass is 1480 g/mol. The summed E-state index contributed by atoms with van der Waals surface area (Å²) in [5, 5.41) is 250. The summed E-state index contributed by atoms with van der Waals surface area (Å²) in [4.78, 5) is 52.0. The zero-order chi connectivity index (χ0) is 74.9. The lowest BCUT2D eigenvalue weighted by Crippen LogP contribution is -2.71. The highest BCUT2D eigenvalue weighted by molar-refractivity contribution is 5.76. The van der Waals surface area contributed by atoms with Gasteiger partial charge in [0.1, 0.15) is 177 Å². The first kappa shape index (κ1) is 83.1. The molecule has 44 nitrogen and oxygen atoms in total. The molecule has 0 radical (unpaired) electrons. The van der Waals surface area contributed by atoms with E-state index in [2.05, 4.69) is 16.0 Å². The lowest BCUT2D eigenvalue weighted by molar-refractivity contribution is -0.400. The first-order valence-corrected chi connectivity index (χ1v) is 32.3. The number of nitrogens with one attached hydrogen (secondary N) is 3. The van der Waals surface area contributed by atoms with Crippen molar-refractivity contribution in [2.24, 2.45) is 0 Å². The van der Waals surface area contributed by atoms with Crippen LogP contribution < -0.4 is 16.0 Å². The summed E-state index contributed by atoms with van der Waals surface area (Å²) < 4.78 is 88.2. The van der Waals surface area contributed by atoms with Crippen molar-refractivity contribution in [2.75, 3.05) is 33.0 Å². The maximum Gasteiger partial charge on any atom is 0.364 e. The molecule has 101 heavy (non-hydrogen) atoms. The fraction of sp³-hybridized carbons (Fsp3) is 0.930. The molecule has 8 saturated heterocycles. The number of carboxylic acid groups (broad SMARTS) is 1. The second-order valence-corrected chi connectivity index (χ2v) is 26.0. The van der Waals surface area contributed by atoms with Crippen molar-refractivity contribution >= 4 is 23.7 Å². The standard InChI is InChI=1S/C57H95N3O41/c1-13-28(69)38(79)40(81)52(88-13)98-45-30(71)15(3)90-54(42(45)83)92-20-7-57(56(85)86,101-46(33(20)74)31(72)19(68)8-61)87-12-24-35(76)44(27(49(84)91-24)60-18(6)67)97-51-26(59-17(5)66)37(78)43(23(11-64)95-51)96-55-48(100-53-41(82)39(80)29(70)14(2)89-53)47(34(75)22(10-63)94-55)99-50-25(58-16(4)65)36(77)32(73)21(9-62)93-50/h13-15,19-55,61-64,68-84H,7-12H2,1-6H3,(H,58,65)(H,59,66)(H,60,67)(H,85,86)/t13-,14-,15-,19+,20-,21+,22+,23+,24+,25+,26+,27+,28+,29+,30+,31+,32-,33+,34-,35-,36+,37+,38+,39+,40-,41-,42-,43+,44+,45+,46-,47-,48+,49+,50-,51-,52-,53-,54-,55-,57+/m0/s1. The van der Waals surface area contributed by atoms with Gasteiger partial charge in [-0.25, -0.2) is 4.79 Å². The van der Waals surface area contributed by atoms with Gasteiger partial charge in [0.05, 0.1) is 57.5 Å². The highest BCUT2D eigenvalue weighted by Gasteiger charge is 2.62. The summed E-state index contributed by atoms with van der Waals surface area (Å²) in [5.41, 5.74) is 0. The Morgan fingerprint density at radius 3 is 1.37 bits per heavy atom. The summed E-state index contributed by atoms with van der Waals surface area (Å²) in [7, 11) is 0. The third-order valence-electron chi connectivity index (χ3n) is 18.7. The van der Waals surface area contributed by atoms with E-state index in [1.165, 1.54) is 20.8 Å². The maximum atomic E-state index is 13.6. The molecule has 3 amide bonds. The number of carboxylic acids is 1. The summed E-state index contributed by atoms with van der Waals surface area (Å²) in [6.07, 6.45) is -74.8. The van der Waals surface area contributed by atoms with Crippen molar-refractivity contribution in [1.29, 1.82) is 0 Å². The average Bonchev–Trinajstić information content (AvgIpc) is 0.766. The van der Waals surface area contributed by atoms with Crippen molar-refractivity contribution in [3.63, 3.8) is 0 Å². The van der Waals surface area contributed by atoms with Crippen LogP contribution in [0.3, 0.4) is 0 Å². The third-order valence-corrected chi connectivity index (χ3v) is 18.7. The molecule has 0 unspecified atom stereocenters. The molecule has 584 valence electrons. The van der Waals surface area contributed by atoms with E-state index in [-0.39, 0.29) is 0 Å². The fourth-order valence-corrected chi connectivity index (χ4v) is 13.0. The van der Waals surface area contributed by atoms with Crippen LogP contribution in [0.4, 0.5) is 0 Å². The van der Waals surface area contributed by atoms with Crippen molar-refractivity contribution in [1.82, 2.24) is 16.0 Å². The number of carbonyl (C=O) groups excluding carboxylic acids is 3.